The van der Waals surface area contributed by atoms with Gasteiger partial charge in [0.25, 0.3) is 10.0 Å². The lowest BCUT2D eigenvalue weighted by atomic mass is 10.1. The molecule has 0 saturated heterocycles. The molecular weight excluding hydrogens is 614 g/mol. The van der Waals surface area contributed by atoms with E-state index in [4.69, 9.17) is 11.6 Å². The van der Waals surface area contributed by atoms with E-state index in [0.717, 1.165) is 25.5 Å². The van der Waals surface area contributed by atoms with Crippen molar-refractivity contribution in [2.75, 3.05) is 17.4 Å². The Kier molecular flexibility index (Phi) is 10.8. The van der Waals surface area contributed by atoms with Crippen LogP contribution in [0.2, 0.25) is 5.02 Å². The van der Waals surface area contributed by atoms with Gasteiger partial charge in [-0.05, 0) is 74.2 Å². The molecule has 0 aliphatic carbocycles. The van der Waals surface area contributed by atoms with Crippen molar-refractivity contribution in [1.82, 2.24) is 10.2 Å². The smallest absolute Gasteiger partial charge is 0.264 e. The highest BCUT2D eigenvalue weighted by atomic mass is 79.9. The van der Waals surface area contributed by atoms with Crippen molar-refractivity contribution < 1.29 is 18.0 Å². The van der Waals surface area contributed by atoms with Gasteiger partial charge in [0.2, 0.25) is 11.8 Å². The molecule has 0 fully saturated rings. The summed E-state index contributed by atoms with van der Waals surface area (Å²) >= 11 is 9.83. The third-order valence-electron chi connectivity index (χ3n) is 6.43. The first-order chi connectivity index (χ1) is 18.8. The summed E-state index contributed by atoms with van der Waals surface area (Å²) < 4.78 is 29.7. The molecule has 7 nitrogen and oxygen atoms in total. The van der Waals surface area contributed by atoms with Crippen LogP contribution in [0, 0.1) is 19.8 Å². The van der Waals surface area contributed by atoms with E-state index >= 15 is 0 Å². The lowest BCUT2D eigenvalue weighted by Crippen LogP contribution is -2.51. The number of benzene rings is 3. The normalized spacial score (nSPS) is 12.2. The van der Waals surface area contributed by atoms with Crippen molar-refractivity contribution in [3.05, 3.63) is 92.9 Å². The highest BCUT2D eigenvalue weighted by Gasteiger charge is 2.32. The van der Waals surface area contributed by atoms with Crippen molar-refractivity contribution in [2.24, 2.45) is 5.92 Å². The summed E-state index contributed by atoms with van der Waals surface area (Å²) in [7, 11) is -4.16. The lowest BCUT2D eigenvalue weighted by molar-refractivity contribution is -0.139. The fourth-order valence-corrected chi connectivity index (χ4v) is 6.00. The van der Waals surface area contributed by atoms with E-state index in [2.05, 4.69) is 21.2 Å². The first-order valence-electron chi connectivity index (χ1n) is 13.0. The molecule has 10 heteroatoms. The Labute approximate surface area is 250 Å². The number of anilines is 1. The van der Waals surface area contributed by atoms with Crippen LogP contribution in [0.1, 0.15) is 37.5 Å². The molecule has 40 heavy (non-hydrogen) atoms. The summed E-state index contributed by atoms with van der Waals surface area (Å²) in [5.41, 5.74) is 2.72. The van der Waals surface area contributed by atoms with Crippen molar-refractivity contribution in [2.45, 2.75) is 52.1 Å². The molecule has 1 N–H and O–H groups in total. The zero-order valence-corrected chi connectivity index (χ0v) is 26.5. The number of aryl methyl sites for hydroxylation is 2. The average molecular weight is 649 g/mol. The molecule has 0 radical (unpaired) electrons. The number of carbonyl (C=O) groups excluding carboxylic acids is 2. The highest BCUT2D eigenvalue weighted by molar-refractivity contribution is 9.10. The fraction of sp³-hybridized carbons (Fsp3) is 0.333. The van der Waals surface area contributed by atoms with Gasteiger partial charge in [-0.25, -0.2) is 8.42 Å². The van der Waals surface area contributed by atoms with Crippen LogP contribution in [0.5, 0.6) is 0 Å². The Morgan fingerprint density at radius 2 is 1.65 bits per heavy atom. The molecule has 3 rings (SSSR count). The summed E-state index contributed by atoms with van der Waals surface area (Å²) in [5, 5.41) is 3.26. The van der Waals surface area contributed by atoms with E-state index in [0.29, 0.717) is 11.6 Å². The largest absolute Gasteiger partial charge is 0.354 e. The highest BCUT2D eigenvalue weighted by Crippen LogP contribution is 2.29. The van der Waals surface area contributed by atoms with E-state index in [1.54, 1.807) is 31.2 Å². The molecule has 3 aromatic carbocycles. The van der Waals surface area contributed by atoms with Crippen LogP contribution in [0.3, 0.4) is 0 Å². The summed E-state index contributed by atoms with van der Waals surface area (Å²) in [5.74, 6) is -0.616. The first-order valence-corrected chi connectivity index (χ1v) is 15.6. The number of sulfonamides is 1. The zero-order chi connectivity index (χ0) is 29.6. The Bertz CT molecular complexity index is 1460. The predicted molar refractivity (Wildman–Crippen MR) is 164 cm³/mol. The van der Waals surface area contributed by atoms with Gasteiger partial charge in [0.1, 0.15) is 12.6 Å². The summed E-state index contributed by atoms with van der Waals surface area (Å²) in [6, 6.07) is 17.9. The second-order valence-electron chi connectivity index (χ2n) is 10.2. The Hall–Kier alpha value is -2.88. The van der Waals surface area contributed by atoms with Gasteiger partial charge in [0, 0.05) is 22.6 Å². The van der Waals surface area contributed by atoms with E-state index in [1.165, 1.54) is 23.1 Å². The van der Waals surface area contributed by atoms with Crippen molar-refractivity contribution in [1.29, 1.82) is 0 Å². The van der Waals surface area contributed by atoms with Gasteiger partial charge in [-0.3, -0.25) is 13.9 Å². The molecule has 0 spiro atoms. The molecule has 2 amide bonds. The van der Waals surface area contributed by atoms with Crippen LogP contribution < -0.4 is 9.62 Å². The monoisotopic (exact) mass is 647 g/mol. The van der Waals surface area contributed by atoms with Crippen LogP contribution >= 0.6 is 27.5 Å². The second-order valence-corrected chi connectivity index (χ2v) is 13.4. The molecule has 3 aromatic rings. The second kappa shape index (κ2) is 13.7. The number of amides is 2. The first kappa shape index (κ1) is 31.6. The van der Waals surface area contributed by atoms with E-state index < -0.39 is 28.5 Å². The predicted octanol–water partition coefficient (Wildman–Crippen LogP) is 6.10. The van der Waals surface area contributed by atoms with E-state index in [9.17, 15) is 18.0 Å². The van der Waals surface area contributed by atoms with Gasteiger partial charge in [-0.15, -0.1) is 0 Å². The van der Waals surface area contributed by atoms with Crippen molar-refractivity contribution in [3.8, 4) is 0 Å². The van der Waals surface area contributed by atoms with Crippen molar-refractivity contribution >= 4 is 55.1 Å². The minimum absolute atomic E-state index is 0.0452. The van der Waals surface area contributed by atoms with Gasteiger partial charge < -0.3 is 10.2 Å². The average Bonchev–Trinajstić information content (AvgIpc) is 2.90. The molecule has 0 saturated carbocycles. The van der Waals surface area contributed by atoms with Crippen LogP contribution in [-0.4, -0.2) is 44.3 Å². The van der Waals surface area contributed by atoms with Crippen LogP contribution in [0.15, 0.2) is 76.1 Å². The minimum atomic E-state index is -4.16. The van der Waals surface area contributed by atoms with Gasteiger partial charge in [0.15, 0.2) is 0 Å². The Morgan fingerprint density at radius 1 is 0.975 bits per heavy atom. The third kappa shape index (κ3) is 8.08. The third-order valence-corrected chi connectivity index (χ3v) is 9.11. The number of hydrogen-bond donors (Lipinski definition) is 1. The lowest BCUT2D eigenvalue weighted by Gasteiger charge is -2.32. The summed E-state index contributed by atoms with van der Waals surface area (Å²) in [6.07, 6.45) is 0. The van der Waals surface area contributed by atoms with Crippen LogP contribution in [0.25, 0.3) is 0 Å². The molecule has 0 aliphatic rings. The van der Waals surface area contributed by atoms with Gasteiger partial charge >= 0.3 is 0 Å². The summed E-state index contributed by atoms with van der Waals surface area (Å²) in [4.78, 5) is 28.5. The number of rotatable bonds is 11. The molecule has 0 bridgehead atoms. The van der Waals surface area contributed by atoms with E-state index in [1.807, 2.05) is 52.0 Å². The fourth-order valence-electron chi connectivity index (χ4n) is 3.97. The van der Waals surface area contributed by atoms with Crippen molar-refractivity contribution in [3.63, 3.8) is 0 Å². The standard InChI is InChI=1S/C30H35BrClN3O4S/c1-20(2)17-33-30(37)23(5)34(18-24-7-6-8-25(31)15-24)29(36)19-35(26-12-11-22(4)28(32)16-26)40(38,39)27-13-9-21(3)10-14-27/h6-16,20,23H,17-19H2,1-5H3,(H,33,37)/t23-/m0/s1. The Morgan fingerprint density at radius 3 is 2.25 bits per heavy atom. The van der Waals surface area contributed by atoms with Crippen LogP contribution in [0.4, 0.5) is 5.69 Å². The molecule has 0 aliphatic heterocycles. The molecule has 1 atom stereocenters. The van der Waals surface area contributed by atoms with Gasteiger partial charge in [0.05, 0.1) is 10.6 Å². The number of nitrogens with zero attached hydrogens (tertiary/aromatic N) is 2. The SMILES string of the molecule is Cc1ccc(S(=O)(=O)N(CC(=O)N(Cc2cccc(Br)c2)[C@@H](C)C(=O)NCC(C)C)c2ccc(C)c(Cl)c2)cc1. The van der Waals surface area contributed by atoms with Gasteiger partial charge in [-0.2, -0.15) is 0 Å². The number of hydrogen-bond acceptors (Lipinski definition) is 4. The molecular formula is C30H35BrClN3O4S. The summed E-state index contributed by atoms with van der Waals surface area (Å²) in [6.45, 7) is 9.33. The number of halogens is 2. The zero-order valence-electron chi connectivity index (χ0n) is 23.3. The number of carbonyl (C=O) groups is 2. The van der Waals surface area contributed by atoms with E-state index in [-0.39, 0.29) is 29.0 Å². The minimum Gasteiger partial charge on any atom is -0.354 e. The quantitative estimate of drug-likeness (QED) is 0.272. The molecule has 0 heterocycles. The molecule has 0 unspecified atom stereocenters. The molecule has 0 aromatic heterocycles. The maximum atomic E-state index is 14.0. The number of nitrogens with one attached hydrogen (secondary N) is 1. The maximum absolute atomic E-state index is 14.0. The van der Waals surface area contributed by atoms with Crippen LogP contribution in [-0.2, 0) is 26.2 Å². The topological polar surface area (TPSA) is 86.8 Å². The van der Waals surface area contributed by atoms with Gasteiger partial charge in [-0.1, -0.05) is 77.3 Å². The maximum Gasteiger partial charge on any atom is 0.264 e. The molecule has 214 valence electrons. The Balaban J connectivity index is 2.04.